The molecular weight excluding hydrogens is 655 g/mol. The molecule has 9 rings (SSSR count). The lowest BCUT2D eigenvalue weighted by Gasteiger charge is -2.26. The maximum absolute atomic E-state index is 13.6. The van der Waals surface area contributed by atoms with Crippen molar-refractivity contribution in [1.29, 1.82) is 0 Å². The molecule has 0 fully saturated rings. The van der Waals surface area contributed by atoms with Crippen LogP contribution in [-0.2, 0) is 0 Å². The lowest BCUT2D eigenvalue weighted by Crippen LogP contribution is -2.40. The standard InChI is InChI=1S/C43H27N3O2S2/c47-42-34-15-9-14-33-32(21-22-35(41(33)34)43(48)46(42)40-16-7-8-27-44-40)37-24-26-39(50-37)38-25-23-36(49-38)28-17-19-31(20-18-28)45(29-10-3-1-4-11-29)30-12-5-2-6-13-30/h1-27H. The van der Waals surface area contributed by atoms with Gasteiger partial charge >= 0.3 is 0 Å². The molecule has 4 heterocycles. The summed E-state index contributed by atoms with van der Waals surface area (Å²) in [4.78, 5) is 39.6. The molecule has 0 saturated carbocycles. The maximum Gasteiger partial charge on any atom is 0.267 e. The third kappa shape index (κ3) is 5.11. The molecule has 0 radical (unpaired) electrons. The highest BCUT2D eigenvalue weighted by atomic mass is 32.1. The zero-order valence-corrected chi connectivity index (χ0v) is 28.2. The molecule has 0 aliphatic carbocycles. The Bertz CT molecular complexity index is 2460. The third-order valence-electron chi connectivity index (χ3n) is 8.95. The first-order valence-electron chi connectivity index (χ1n) is 16.2. The summed E-state index contributed by atoms with van der Waals surface area (Å²) < 4.78 is 0. The van der Waals surface area contributed by atoms with Gasteiger partial charge in [-0.05, 0) is 101 Å². The summed E-state index contributed by atoms with van der Waals surface area (Å²) >= 11 is 3.48. The molecule has 0 atom stereocenters. The molecule has 238 valence electrons. The number of hydrogen-bond donors (Lipinski definition) is 0. The van der Waals surface area contributed by atoms with Crippen LogP contribution in [0.25, 0.3) is 41.4 Å². The van der Waals surface area contributed by atoms with E-state index in [1.54, 1.807) is 53.1 Å². The zero-order chi connectivity index (χ0) is 33.6. The molecule has 1 aliphatic rings. The molecule has 0 bridgehead atoms. The molecule has 50 heavy (non-hydrogen) atoms. The number of para-hydroxylation sites is 2. The number of imide groups is 1. The number of nitrogens with zero attached hydrogens (tertiary/aromatic N) is 3. The van der Waals surface area contributed by atoms with E-state index in [4.69, 9.17) is 0 Å². The molecule has 1 aliphatic heterocycles. The summed E-state index contributed by atoms with van der Waals surface area (Å²) in [5.74, 6) is -0.393. The third-order valence-corrected chi connectivity index (χ3v) is 11.4. The summed E-state index contributed by atoms with van der Waals surface area (Å²) in [6.45, 7) is 0. The van der Waals surface area contributed by atoms with E-state index in [1.165, 1.54) is 25.1 Å². The Morgan fingerprint density at radius 2 is 1.02 bits per heavy atom. The fourth-order valence-corrected chi connectivity index (χ4v) is 8.77. The van der Waals surface area contributed by atoms with Crippen LogP contribution < -0.4 is 9.80 Å². The van der Waals surface area contributed by atoms with E-state index in [0.717, 1.165) is 32.9 Å². The summed E-state index contributed by atoms with van der Waals surface area (Å²) in [6, 6.07) is 53.0. The van der Waals surface area contributed by atoms with Crippen LogP contribution in [0.1, 0.15) is 20.7 Å². The Balaban J connectivity index is 1.01. The Kier molecular flexibility index (Phi) is 7.42. The average molecular weight is 682 g/mol. The van der Waals surface area contributed by atoms with Crippen molar-refractivity contribution in [2.45, 2.75) is 0 Å². The van der Waals surface area contributed by atoms with Crippen molar-refractivity contribution in [3.05, 3.63) is 175 Å². The molecule has 5 aromatic carbocycles. The van der Waals surface area contributed by atoms with Crippen molar-refractivity contribution >= 4 is 68.1 Å². The van der Waals surface area contributed by atoms with Crippen molar-refractivity contribution in [3.63, 3.8) is 0 Å². The van der Waals surface area contributed by atoms with Gasteiger partial charge in [-0.25, -0.2) is 9.88 Å². The molecule has 0 unspecified atom stereocenters. The SMILES string of the molecule is O=C1c2cccc3c(-c4ccc(-c5ccc(-c6ccc(N(c7ccccc7)c7ccccc7)cc6)s5)s4)ccc(c23)C(=O)N1c1ccccn1. The number of pyridine rings is 1. The average Bonchev–Trinajstić information content (AvgIpc) is 3.87. The summed E-state index contributed by atoms with van der Waals surface area (Å²) in [5, 5.41) is 1.59. The highest BCUT2D eigenvalue weighted by molar-refractivity contribution is 7.25. The fourth-order valence-electron chi connectivity index (χ4n) is 6.62. The molecule has 2 amide bonds. The minimum atomic E-state index is -0.359. The molecule has 0 spiro atoms. The van der Waals surface area contributed by atoms with Crippen LogP contribution in [0.4, 0.5) is 22.9 Å². The molecule has 0 N–H and O–H groups in total. The predicted molar refractivity (Wildman–Crippen MR) is 206 cm³/mol. The van der Waals surface area contributed by atoms with E-state index < -0.39 is 0 Å². The van der Waals surface area contributed by atoms with Gasteiger partial charge in [-0.3, -0.25) is 9.59 Å². The molecule has 3 aromatic heterocycles. The fraction of sp³-hybridized carbons (Fsp3) is 0. The number of amides is 2. The largest absolute Gasteiger partial charge is 0.311 e. The Morgan fingerprint density at radius 1 is 0.460 bits per heavy atom. The van der Waals surface area contributed by atoms with Gasteiger partial charge in [0.1, 0.15) is 5.82 Å². The summed E-state index contributed by atoms with van der Waals surface area (Å²) in [5.41, 5.74) is 6.50. The summed E-state index contributed by atoms with van der Waals surface area (Å²) in [6.07, 6.45) is 1.59. The first kappa shape index (κ1) is 29.9. The van der Waals surface area contributed by atoms with Crippen LogP contribution in [0.2, 0.25) is 0 Å². The lowest BCUT2D eigenvalue weighted by atomic mass is 9.91. The number of aromatic nitrogens is 1. The van der Waals surface area contributed by atoms with Gasteiger partial charge in [-0.1, -0.05) is 72.8 Å². The van der Waals surface area contributed by atoms with E-state index in [0.29, 0.717) is 22.3 Å². The van der Waals surface area contributed by atoms with E-state index in [2.05, 4.69) is 107 Å². The van der Waals surface area contributed by atoms with Crippen LogP contribution >= 0.6 is 22.7 Å². The Labute approximate surface area is 297 Å². The van der Waals surface area contributed by atoms with Crippen molar-refractivity contribution in [2.75, 3.05) is 9.80 Å². The second-order valence-electron chi connectivity index (χ2n) is 11.9. The molecule has 8 aromatic rings. The maximum atomic E-state index is 13.6. The summed E-state index contributed by atoms with van der Waals surface area (Å²) in [7, 11) is 0. The van der Waals surface area contributed by atoms with Crippen LogP contribution in [0, 0.1) is 0 Å². The van der Waals surface area contributed by atoms with Gasteiger partial charge in [-0.2, -0.15) is 0 Å². The normalized spacial score (nSPS) is 12.4. The number of rotatable bonds is 7. The Morgan fingerprint density at radius 3 is 1.68 bits per heavy atom. The van der Waals surface area contributed by atoms with Crippen LogP contribution in [-0.4, -0.2) is 16.8 Å². The van der Waals surface area contributed by atoms with Gasteiger partial charge in [0.15, 0.2) is 0 Å². The number of benzene rings is 5. The highest BCUT2D eigenvalue weighted by Gasteiger charge is 2.35. The zero-order valence-electron chi connectivity index (χ0n) is 26.6. The van der Waals surface area contributed by atoms with E-state index in [9.17, 15) is 9.59 Å². The van der Waals surface area contributed by atoms with E-state index in [1.807, 2.05) is 36.4 Å². The monoisotopic (exact) mass is 681 g/mol. The number of hydrogen-bond acceptors (Lipinski definition) is 6. The minimum absolute atomic E-state index is 0.324. The van der Waals surface area contributed by atoms with Gasteiger partial charge in [0.25, 0.3) is 11.8 Å². The highest BCUT2D eigenvalue weighted by Crippen LogP contribution is 2.44. The van der Waals surface area contributed by atoms with Gasteiger partial charge in [0.2, 0.25) is 0 Å². The number of carbonyl (C=O) groups is 2. The van der Waals surface area contributed by atoms with Gasteiger partial charge < -0.3 is 4.90 Å². The predicted octanol–water partition coefficient (Wildman–Crippen LogP) is 11.6. The van der Waals surface area contributed by atoms with E-state index in [-0.39, 0.29) is 11.8 Å². The lowest BCUT2D eigenvalue weighted by molar-refractivity contribution is 0.0892. The first-order valence-corrected chi connectivity index (χ1v) is 17.8. The van der Waals surface area contributed by atoms with Crippen molar-refractivity contribution in [3.8, 4) is 30.6 Å². The number of thiophene rings is 2. The molecule has 0 saturated heterocycles. The number of carbonyl (C=O) groups excluding carboxylic acids is 2. The van der Waals surface area contributed by atoms with Crippen molar-refractivity contribution in [2.24, 2.45) is 0 Å². The van der Waals surface area contributed by atoms with Crippen molar-refractivity contribution < 1.29 is 9.59 Å². The Hall–Kier alpha value is -6.15. The molecular formula is C43H27N3O2S2. The van der Waals surface area contributed by atoms with Gasteiger partial charge in [0.05, 0.1) is 0 Å². The first-order chi connectivity index (χ1) is 24.6. The van der Waals surface area contributed by atoms with Crippen LogP contribution in [0.15, 0.2) is 164 Å². The minimum Gasteiger partial charge on any atom is -0.311 e. The second kappa shape index (κ2) is 12.4. The smallest absolute Gasteiger partial charge is 0.267 e. The van der Waals surface area contributed by atoms with Gasteiger partial charge in [-0.15, -0.1) is 22.7 Å². The van der Waals surface area contributed by atoms with Crippen LogP contribution in [0.3, 0.4) is 0 Å². The van der Waals surface area contributed by atoms with Crippen LogP contribution in [0.5, 0.6) is 0 Å². The quantitative estimate of drug-likeness (QED) is 0.157. The topological polar surface area (TPSA) is 53.5 Å². The molecule has 7 heteroatoms. The van der Waals surface area contributed by atoms with Gasteiger partial charge in [0, 0.05) is 59.3 Å². The number of anilines is 4. The van der Waals surface area contributed by atoms with Crippen molar-refractivity contribution in [1.82, 2.24) is 4.98 Å². The second-order valence-corrected chi connectivity index (χ2v) is 14.1. The van der Waals surface area contributed by atoms with E-state index >= 15 is 0 Å². The molecule has 5 nitrogen and oxygen atoms in total.